The summed E-state index contributed by atoms with van der Waals surface area (Å²) >= 11 is 13.2. The fourth-order valence-corrected chi connectivity index (χ4v) is 2.86. The van der Waals surface area contributed by atoms with Crippen molar-refractivity contribution in [1.82, 2.24) is 4.98 Å². The van der Waals surface area contributed by atoms with Crippen LogP contribution in [0.2, 0.25) is 10.0 Å². The Balaban J connectivity index is 1.98. The molecule has 0 aliphatic heterocycles. The lowest BCUT2D eigenvalue weighted by atomic mass is 10.3. The van der Waals surface area contributed by atoms with Crippen LogP contribution in [0, 0.1) is 5.82 Å². The van der Waals surface area contributed by atoms with Crippen molar-refractivity contribution in [3.63, 3.8) is 0 Å². The van der Waals surface area contributed by atoms with Crippen LogP contribution < -0.4 is 5.32 Å². The Kier molecular flexibility index (Phi) is 3.31. The molecule has 0 aliphatic carbocycles. The first-order valence-electron chi connectivity index (χ1n) is 5.40. The minimum absolute atomic E-state index is 0.303. The number of anilines is 2. The number of hydrogen-bond acceptors (Lipinski definition) is 3. The summed E-state index contributed by atoms with van der Waals surface area (Å²) in [4.78, 5) is 4.35. The molecule has 0 bridgehead atoms. The molecule has 0 unspecified atom stereocenters. The summed E-state index contributed by atoms with van der Waals surface area (Å²) in [5.41, 5.74) is 1.08. The third-order valence-corrected chi connectivity index (χ3v) is 3.94. The molecule has 6 heteroatoms. The third-order valence-electron chi connectivity index (χ3n) is 2.52. The average molecular weight is 313 g/mol. The summed E-state index contributed by atoms with van der Waals surface area (Å²) in [6, 6.07) is 9.79. The van der Waals surface area contributed by atoms with Crippen LogP contribution in [0.4, 0.5) is 15.2 Å². The summed E-state index contributed by atoms with van der Waals surface area (Å²) in [6.45, 7) is 0. The van der Waals surface area contributed by atoms with Gasteiger partial charge in [0, 0.05) is 10.0 Å². The van der Waals surface area contributed by atoms with E-state index in [1.165, 1.54) is 29.5 Å². The van der Waals surface area contributed by atoms with E-state index in [9.17, 15) is 4.39 Å². The van der Waals surface area contributed by atoms with Crippen molar-refractivity contribution >= 4 is 55.6 Å². The molecule has 0 radical (unpaired) electrons. The lowest BCUT2D eigenvalue weighted by Gasteiger charge is -2.03. The van der Waals surface area contributed by atoms with Crippen LogP contribution >= 0.6 is 34.5 Å². The number of fused-ring (bicyclic) bond motifs is 1. The lowest BCUT2D eigenvalue weighted by Crippen LogP contribution is -1.92. The SMILES string of the molecule is Fc1ccc(Cl)cc1Nc1nc2cc(Cl)ccc2s1. The van der Waals surface area contributed by atoms with Crippen molar-refractivity contribution in [1.29, 1.82) is 0 Å². The fraction of sp³-hybridized carbons (Fsp3) is 0. The van der Waals surface area contributed by atoms with Gasteiger partial charge in [-0.05, 0) is 36.4 Å². The predicted octanol–water partition coefficient (Wildman–Crippen LogP) is 5.49. The zero-order valence-corrected chi connectivity index (χ0v) is 11.8. The maximum absolute atomic E-state index is 13.6. The van der Waals surface area contributed by atoms with E-state index in [1.54, 1.807) is 12.1 Å². The Morgan fingerprint density at radius 1 is 1.05 bits per heavy atom. The average Bonchev–Trinajstić information content (AvgIpc) is 2.75. The van der Waals surface area contributed by atoms with Crippen LogP contribution in [-0.4, -0.2) is 4.98 Å². The van der Waals surface area contributed by atoms with Crippen molar-refractivity contribution in [2.24, 2.45) is 0 Å². The lowest BCUT2D eigenvalue weighted by molar-refractivity contribution is 0.632. The van der Waals surface area contributed by atoms with Gasteiger partial charge in [0.2, 0.25) is 0 Å². The number of rotatable bonds is 2. The van der Waals surface area contributed by atoms with E-state index in [0.717, 1.165) is 10.2 Å². The number of hydrogen-bond donors (Lipinski definition) is 1. The summed E-state index contributed by atoms with van der Waals surface area (Å²) < 4.78 is 14.6. The molecule has 1 aromatic heterocycles. The standard InChI is InChI=1S/C13H7Cl2FN2S/c14-7-1-3-9(16)10(5-7)17-13-18-11-6-8(15)2-4-12(11)19-13/h1-6H,(H,17,18). The monoisotopic (exact) mass is 312 g/mol. The van der Waals surface area contributed by atoms with Crippen molar-refractivity contribution in [3.05, 3.63) is 52.3 Å². The Morgan fingerprint density at radius 2 is 1.79 bits per heavy atom. The molecule has 3 aromatic rings. The molecule has 0 atom stereocenters. The largest absolute Gasteiger partial charge is 0.329 e. The van der Waals surface area contributed by atoms with Gasteiger partial charge in [-0.15, -0.1) is 0 Å². The molecule has 1 N–H and O–H groups in total. The molecule has 2 aromatic carbocycles. The van der Waals surface area contributed by atoms with Crippen LogP contribution in [0.1, 0.15) is 0 Å². The molecule has 2 nitrogen and oxygen atoms in total. The number of halogens is 3. The van der Waals surface area contributed by atoms with Gasteiger partial charge in [0.15, 0.2) is 5.13 Å². The van der Waals surface area contributed by atoms with Crippen molar-refractivity contribution in [2.45, 2.75) is 0 Å². The van der Waals surface area contributed by atoms with Gasteiger partial charge in [0.1, 0.15) is 5.82 Å². The Morgan fingerprint density at radius 3 is 2.63 bits per heavy atom. The highest BCUT2D eigenvalue weighted by atomic mass is 35.5. The highest BCUT2D eigenvalue weighted by molar-refractivity contribution is 7.22. The van der Waals surface area contributed by atoms with Gasteiger partial charge < -0.3 is 5.32 Å². The number of nitrogens with zero attached hydrogens (tertiary/aromatic N) is 1. The van der Waals surface area contributed by atoms with Gasteiger partial charge >= 0.3 is 0 Å². The van der Waals surface area contributed by atoms with Crippen LogP contribution in [0.5, 0.6) is 0 Å². The van der Waals surface area contributed by atoms with Crippen LogP contribution in [0.15, 0.2) is 36.4 Å². The predicted molar refractivity (Wildman–Crippen MR) is 79.3 cm³/mol. The van der Waals surface area contributed by atoms with Crippen LogP contribution in [-0.2, 0) is 0 Å². The maximum Gasteiger partial charge on any atom is 0.188 e. The Hall–Kier alpha value is -1.36. The van der Waals surface area contributed by atoms with E-state index in [2.05, 4.69) is 10.3 Å². The Labute approximate surface area is 122 Å². The van der Waals surface area contributed by atoms with Gasteiger partial charge in [0.05, 0.1) is 15.9 Å². The van der Waals surface area contributed by atoms with Gasteiger partial charge in [-0.1, -0.05) is 34.5 Å². The number of nitrogens with one attached hydrogen (secondary N) is 1. The smallest absolute Gasteiger partial charge is 0.188 e. The van der Waals surface area contributed by atoms with Crippen LogP contribution in [0.3, 0.4) is 0 Å². The molecule has 0 saturated carbocycles. The van der Waals surface area contributed by atoms with Crippen molar-refractivity contribution in [3.8, 4) is 0 Å². The molecule has 19 heavy (non-hydrogen) atoms. The minimum atomic E-state index is -0.373. The second-order valence-corrected chi connectivity index (χ2v) is 5.78. The van der Waals surface area contributed by atoms with E-state index < -0.39 is 0 Å². The zero-order chi connectivity index (χ0) is 13.4. The second kappa shape index (κ2) is 4.96. The molecule has 0 spiro atoms. The molecule has 0 aliphatic rings. The van der Waals surface area contributed by atoms with E-state index in [0.29, 0.717) is 20.9 Å². The topological polar surface area (TPSA) is 24.9 Å². The van der Waals surface area contributed by atoms with Crippen molar-refractivity contribution < 1.29 is 4.39 Å². The molecule has 0 fully saturated rings. The number of aromatic nitrogens is 1. The van der Waals surface area contributed by atoms with Crippen LogP contribution in [0.25, 0.3) is 10.2 Å². The first-order chi connectivity index (χ1) is 9.11. The summed E-state index contributed by atoms with van der Waals surface area (Å²) in [7, 11) is 0. The Bertz CT molecular complexity index is 757. The van der Waals surface area contributed by atoms with Gasteiger partial charge in [0.25, 0.3) is 0 Å². The van der Waals surface area contributed by atoms with E-state index >= 15 is 0 Å². The molecule has 0 saturated heterocycles. The quantitative estimate of drug-likeness (QED) is 0.677. The van der Waals surface area contributed by atoms with Gasteiger partial charge in [-0.25, -0.2) is 9.37 Å². The van der Waals surface area contributed by atoms with E-state index in [1.807, 2.05) is 6.07 Å². The third kappa shape index (κ3) is 2.66. The zero-order valence-electron chi connectivity index (χ0n) is 9.45. The normalized spacial score (nSPS) is 10.9. The first kappa shape index (κ1) is 12.7. The molecular weight excluding hydrogens is 306 g/mol. The maximum atomic E-state index is 13.6. The van der Waals surface area contributed by atoms with Crippen molar-refractivity contribution in [2.75, 3.05) is 5.32 Å². The summed E-state index contributed by atoms with van der Waals surface area (Å²) in [6.07, 6.45) is 0. The molecule has 0 amide bonds. The minimum Gasteiger partial charge on any atom is -0.329 e. The first-order valence-corrected chi connectivity index (χ1v) is 6.97. The van der Waals surface area contributed by atoms with Gasteiger partial charge in [-0.3, -0.25) is 0 Å². The van der Waals surface area contributed by atoms with Gasteiger partial charge in [-0.2, -0.15) is 0 Å². The highest BCUT2D eigenvalue weighted by Crippen LogP contribution is 2.31. The second-order valence-electron chi connectivity index (χ2n) is 3.88. The summed E-state index contributed by atoms with van der Waals surface area (Å²) in [5.74, 6) is -0.373. The molecule has 1 heterocycles. The number of thiazole rings is 1. The van der Waals surface area contributed by atoms with E-state index in [4.69, 9.17) is 23.2 Å². The summed E-state index contributed by atoms with van der Waals surface area (Å²) in [5, 5.41) is 4.61. The fourth-order valence-electron chi connectivity index (χ4n) is 1.66. The molecular formula is C13H7Cl2FN2S. The highest BCUT2D eigenvalue weighted by Gasteiger charge is 2.08. The molecule has 3 rings (SSSR count). The molecule has 96 valence electrons. The van der Waals surface area contributed by atoms with E-state index in [-0.39, 0.29) is 5.82 Å². The number of benzene rings is 2.